The van der Waals surface area contributed by atoms with Gasteiger partial charge >= 0.3 is 12.4 Å². The van der Waals surface area contributed by atoms with E-state index in [2.05, 4.69) is 21.0 Å². The zero-order valence-electron chi connectivity index (χ0n) is 22.5. The van der Waals surface area contributed by atoms with Crippen molar-refractivity contribution in [2.24, 2.45) is 0 Å². The van der Waals surface area contributed by atoms with Crippen molar-refractivity contribution in [3.8, 4) is 34.3 Å². The van der Waals surface area contributed by atoms with Crippen LogP contribution in [0, 0.1) is 25.2 Å². The molecule has 0 bridgehead atoms. The Morgan fingerprint density at radius 2 is 1.28 bits per heavy atom. The maximum absolute atomic E-state index is 13.6. The summed E-state index contributed by atoms with van der Waals surface area (Å²) in [5, 5.41) is 11.6. The number of hydrogen-bond donors (Lipinski definition) is 0. The van der Waals surface area contributed by atoms with Gasteiger partial charge in [-0.2, -0.15) is 31.6 Å². The third-order valence-corrected chi connectivity index (χ3v) is 7.08. The number of benzene rings is 4. The van der Waals surface area contributed by atoms with Gasteiger partial charge in [0.15, 0.2) is 5.82 Å². The average molecular weight is 588 g/mol. The van der Waals surface area contributed by atoms with Crippen molar-refractivity contribution in [1.29, 1.82) is 5.26 Å². The molecule has 43 heavy (non-hydrogen) atoms. The lowest BCUT2D eigenvalue weighted by Crippen LogP contribution is -2.11. The lowest BCUT2D eigenvalue weighted by Gasteiger charge is -2.15. The van der Waals surface area contributed by atoms with E-state index >= 15 is 0 Å². The molecule has 214 valence electrons. The summed E-state index contributed by atoms with van der Waals surface area (Å²) in [5.41, 5.74) is -0.248. The number of rotatable bonds is 3. The molecule has 0 saturated heterocycles. The van der Waals surface area contributed by atoms with Gasteiger partial charge in [-0.15, -0.1) is 0 Å². The maximum Gasteiger partial charge on any atom is 0.416 e. The van der Waals surface area contributed by atoms with Crippen molar-refractivity contribution in [3.05, 3.63) is 107 Å². The second-order valence-electron chi connectivity index (χ2n) is 9.97. The second kappa shape index (κ2) is 9.94. The minimum absolute atomic E-state index is 0.111. The average Bonchev–Trinajstić information content (AvgIpc) is 3.29. The molecule has 6 rings (SSSR count). The van der Waals surface area contributed by atoms with Gasteiger partial charge in [-0.25, -0.2) is 15.0 Å². The fourth-order valence-electron chi connectivity index (χ4n) is 5.24. The van der Waals surface area contributed by atoms with Crippen molar-refractivity contribution in [3.63, 3.8) is 0 Å². The third-order valence-electron chi connectivity index (χ3n) is 7.08. The molecule has 5 nitrogen and oxygen atoms in total. The Labute approximate surface area is 240 Å². The normalized spacial score (nSPS) is 12.2. The molecule has 0 saturated carbocycles. The quantitative estimate of drug-likeness (QED) is 0.194. The minimum Gasteiger partial charge on any atom is -0.309 e. The topological polar surface area (TPSA) is 67.4 Å². The molecule has 0 N–H and O–H groups in total. The number of nitriles is 1. The van der Waals surface area contributed by atoms with Crippen LogP contribution in [0.3, 0.4) is 0 Å². The molecule has 0 unspecified atom stereocenters. The van der Waals surface area contributed by atoms with Gasteiger partial charge in [-0.05, 0) is 73.5 Å². The Morgan fingerprint density at radius 3 is 1.91 bits per heavy atom. The standard InChI is InChI=1S/C32H19F6N5/c1-17-40-18(2)42-30(41-17)25-10-8-24(13-21(25)16-39)43-28-6-4-3-5-26(28)27-9-7-19(14-29(27)43)20-11-22(31(33,34)35)15-23(12-20)32(36,37)38/h3-15H,1-2H3. The van der Waals surface area contributed by atoms with E-state index in [0.29, 0.717) is 46.4 Å². The predicted molar refractivity (Wildman–Crippen MR) is 149 cm³/mol. The number of nitrogens with zero attached hydrogens (tertiary/aromatic N) is 5. The van der Waals surface area contributed by atoms with Gasteiger partial charge in [-0.3, -0.25) is 0 Å². The summed E-state index contributed by atoms with van der Waals surface area (Å²) in [6.45, 7) is 3.44. The molecule has 0 aliphatic rings. The summed E-state index contributed by atoms with van der Waals surface area (Å²) in [7, 11) is 0. The number of halogens is 6. The first-order chi connectivity index (χ1) is 20.3. The van der Waals surface area contributed by atoms with Crippen LogP contribution in [0.25, 0.3) is 50.0 Å². The van der Waals surface area contributed by atoms with Crippen LogP contribution in [0.1, 0.15) is 28.3 Å². The molecular formula is C32H19F6N5. The van der Waals surface area contributed by atoms with E-state index in [0.717, 1.165) is 16.3 Å². The molecule has 0 aliphatic heterocycles. The maximum atomic E-state index is 13.6. The molecule has 2 aromatic heterocycles. The molecule has 0 aliphatic carbocycles. The number of aryl methyl sites for hydroxylation is 2. The molecule has 11 heteroatoms. The van der Waals surface area contributed by atoms with Crippen LogP contribution in [-0.4, -0.2) is 19.5 Å². The monoisotopic (exact) mass is 587 g/mol. The molecule has 0 radical (unpaired) electrons. The first kappa shape index (κ1) is 27.9. The number of hydrogen-bond acceptors (Lipinski definition) is 4. The van der Waals surface area contributed by atoms with Gasteiger partial charge in [0.1, 0.15) is 11.6 Å². The van der Waals surface area contributed by atoms with Crippen molar-refractivity contribution in [2.75, 3.05) is 0 Å². The summed E-state index contributed by atoms with van der Waals surface area (Å²) in [6, 6.07) is 20.9. The van der Waals surface area contributed by atoms with E-state index in [-0.39, 0.29) is 22.8 Å². The molecule has 0 fully saturated rings. The van der Waals surface area contributed by atoms with Gasteiger partial charge in [0.05, 0.1) is 33.8 Å². The zero-order chi connectivity index (χ0) is 30.7. The lowest BCUT2D eigenvalue weighted by atomic mass is 9.98. The SMILES string of the molecule is Cc1nc(C)nc(-c2ccc(-n3c4ccccc4c4ccc(-c5cc(C(F)(F)F)cc(C(F)(F)F)c5)cc43)cc2C#N)n1. The Kier molecular flexibility index (Phi) is 6.45. The molecule has 6 aromatic rings. The Morgan fingerprint density at radius 1 is 0.651 bits per heavy atom. The van der Waals surface area contributed by atoms with E-state index in [1.807, 2.05) is 28.8 Å². The van der Waals surface area contributed by atoms with Crippen LogP contribution >= 0.6 is 0 Å². The molecular weight excluding hydrogens is 568 g/mol. The van der Waals surface area contributed by atoms with Crippen LogP contribution in [0.4, 0.5) is 26.3 Å². The Balaban J connectivity index is 1.59. The number of alkyl halides is 6. The number of fused-ring (bicyclic) bond motifs is 3. The first-order valence-corrected chi connectivity index (χ1v) is 12.9. The number of para-hydroxylation sites is 1. The highest BCUT2D eigenvalue weighted by Crippen LogP contribution is 2.40. The molecule has 4 aromatic carbocycles. The zero-order valence-corrected chi connectivity index (χ0v) is 22.5. The summed E-state index contributed by atoms with van der Waals surface area (Å²) < 4.78 is 83.4. The van der Waals surface area contributed by atoms with E-state index in [9.17, 15) is 31.6 Å². The van der Waals surface area contributed by atoms with Gasteiger partial charge in [0, 0.05) is 22.0 Å². The van der Waals surface area contributed by atoms with E-state index in [4.69, 9.17) is 0 Å². The molecule has 0 atom stereocenters. The molecule has 2 heterocycles. The highest BCUT2D eigenvalue weighted by atomic mass is 19.4. The van der Waals surface area contributed by atoms with Gasteiger partial charge in [-0.1, -0.05) is 30.3 Å². The van der Waals surface area contributed by atoms with E-state index in [1.165, 1.54) is 6.07 Å². The predicted octanol–water partition coefficient (Wildman–Crippen LogP) is 8.83. The van der Waals surface area contributed by atoms with Gasteiger partial charge in [0.25, 0.3) is 0 Å². The largest absolute Gasteiger partial charge is 0.416 e. The third kappa shape index (κ3) is 5.05. The lowest BCUT2D eigenvalue weighted by molar-refractivity contribution is -0.143. The van der Waals surface area contributed by atoms with Crippen LogP contribution in [0.5, 0.6) is 0 Å². The van der Waals surface area contributed by atoms with Crippen molar-refractivity contribution >= 4 is 21.8 Å². The second-order valence-corrected chi connectivity index (χ2v) is 9.97. The van der Waals surface area contributed by atoms with Crippen LogP contribution < -0.4 is 0 Å². The summed E-state index contributed by atoms with van der Waals surface area (Å²) in [4.78, 5) is 12.9. The number of aromatic nitrogens is 4. The van der Waals surface area contributed by atoms with E-state index in [1.54, 1.807) is 44.2 Å². The summed E-state index contributed by atoms with van der Waals surface area (Å²) in [5.74, 6) is 1.32. The van der Waals surface area contributed by atoms with E-state index < -0.39 is 23.5 Å². The van der Waals surface area contributed by atoms with Crippen LogP contribution in [0.15, 0.2) is 78.9 Å². The van der Waals surface area contributed by atoms with Gasteiger partial charge in [0.2, 0.25) is 0 Å². The fourth-order valence-corrected chi connectivity index (χ4v) is 5.24. The minimum atomic E-state index is -4.97. The fraction of sp³-hybridized carbons (Fsp3) is 0.125. The highest BCUT2D eigenvalue weighted by Gasteiger charge is 2.37. The summed E-state index contributed by atoms with van der Waals surface area (Å²) in [6.07, 6.45) is -9.94. The first-order valence-electron chi connectivity index (χ1n) is 12.9. The summed E-state index contributed by atoms with van der Waals surface area (Å²) >= 11 is 0. The van der Waals surface area contributed by atoms with Crippen LogP contribution in [-0.2, 0) is 12.4 Å². The molecule has 0 amide bonds. The van der Waals surface area contributed by atoms with Crippen LogP contribution in [0.2, 0.25) is 0 Å². The smallest absolute Gasteiger partial charge is 0.309 e. The van der Waals surface area contributed by atoms with Crippen molar-refractivity contribution < 1.29 is 26.3 Å². The van der Waals surface area contributed by atoms with Crippen molar-refractivity contribution in [2.45, 2.75) is 26.2 Å². The van der Waals surface area contributed by atoms with Crippen molar-refractivity contribution in [1.82, 2.24) is 19.5 Å². The van der Waals surface area contributed by atoms with Gasteiger partial charge < -0.3 is 4.57 Å². The molecule has 0 spiro atoms. The highest BCUT2D eigenvalue weighted by molar-refractivity contribution is 6.10. The Hall–Kier alpha value is -5.24. The Bertz CT molecular complexity index is 2050.